The van der Waals surface area contributed by atoms with Crippen LogP contribution in [0, 0.1) is 0 Å². The van der Waals surface area contributed by atoms with Crippen molar-refractivity contribution in [3.8, 4) is 0 Å². The molecule has 1 unspecified atom stereocenters. The Balaban J connectivity index is 1.19. The predicted octanol–water partition coefficient (Wildman–Crippen LogP) is 3.85. The van der Waals surface area contributed by atoms with Crippen LogP contribution in [-0.2, 0) is 33.7 Å². The molecule has 1 saturated heterocycles. The van der Waals surface area contributed by atoms with Gasteiger partial charge in [-0.1, -0.05) is 29.5 Å². The van der Waals surface area contributed by atoms with Crippen LogP contribution in [0.4, 0.5) is 10.6 Å². The number of rotatable bonds is 12. The first-order valence-corrected chi connectivity index (χ1v) is 14.9. The average molecular weight is 591 g/mol. The van der Waals surface area contributed by atoms with E-state index in [-0.39, 0.29) is 18.4 Å². The van der Waals surface area contributed by atoms with Gasteiger partial charge in [0.15, 0.2) is 5.82 Å². The van der Waals surface area contributed by atoms with E-state index in [0.717, 1.165) is 49.6 Å². The SMILES string of the molecule is CNC(C=O)c1cn(CCCCc2ccc(NC(=O)Cc3cccc(C4CCN(C(=O)OC(C)(C)C)CC4)c3)nn2)nn1. The Morgan fingerprint density at radius 1 is 1.09 bits per heavy atom. The first-order chi connectivity index (χ1) is 20.6. The Hall–Kier alpha value is -4.19. The number of aromatic nitrogens is 5. The highest BCUT2D eigenvalue weighted by Gasteiger charge is 2.27. The third-order valence-corrected chi connectivity index (χ3v) is 7.31. The normalized spacial score (nSPS) is 14.7. The van der Waals surface area contributed by atoms with Crippen molar-refractivity contribution in [1.82, 2.24) is 35.4 Å². The number of anilines is 1. The van der Waals surface area contributed by atoms with Crippen LogP contribution in [0.3, 0.4) is 0 Å². The molecule has 12 heteroatoms. The molecule has 2 amide bonds. The molecule has 2 aromatic heterocycles. The Morgan fingerprint density at radius 3 is 2.56 bits per heavy atom. The van der Waals surface area contributed by atoms with Crippen molar-refractivity contribution < 1.29 is 19.1 Å². The molecule has 1 atom stereocenters. The van der Waals surface area contributed by atoms with Gasteiger partial charge >= 0.3 is 6.09 Å². The number of nitrogens with zero attached hydrogens (tertiary/aromatic N) is 6. The number of amides is 2. The van der Waals surface area contributed by atoms with E-state index in [2.05, 4.69) is 43.3 Å². The Kier molecular flexibility index (Phi) is 10.9. The van der Waals surface area contributed by atoms with Gasteiger partial charge in [-0.3, -0.25) is 9.48 Å². The van der Waals surface area contributed by atoms with E-state index < -0.39 is 11.6 Å². The van der Waals surface area contributed by atoms with Crippen LogP contribution in [0.1, 0.15) is 80.9 Å². The number of hydrogen-bond donors (Lipinski definition) is 2. The molecular weight excluding hydrogens is 548 g/mol. The lowest BCUT2D eigenvalue weighted by molar-refractivity contribution is -0.115. The molecule has 0 saturated carbocycles. The van der Waals surface area contributed by atoms with Crippen LogP contribution in [-0.4, -0.2) is 74.1 Å². The largest absolute Gasteiger partial charge is 0.444 e. The van der Waals surface area contributed by atoms with Crippen LogP contribution in [0.15, 0.2) is 42.6 Å². The summed E-state index contributed by atoms with van der Waals surface area (Å²) in [7, 11) is 1.71. The number of benzene rings is 1. The molecule has 43 heavy (non-hydrogen) atoms. The average Bonchev–Trinajstić information content (AvgIpc) is 3.45. The highest BCUT2D eigenvalue weighted by molar-refractivity contribution is 5.91. The predicted molar refractivity (Wildman–Crippen MR) is 161 cm³/mol. The van der Waals surface area contributed by atoms with Gasteiger partial charge in [-0.15, -0.1) is 10.2 Å². The molecule has 0 aliphatic carbocycles. The summed E-state index contributed by atoms with van der Waals surface area (Å²) in [4.78, 5) is 38.0. The monoisotopic (exact) mass is 590 g/mol. The zero-order valence-electron chi connectivity index (χ0n) is 25.5. The zero-order valence-corrected chi connectivity index (χ0v) is 25.5. The molecule has 1 fully saturated rings. The second kappa shape index (κ2) is 14.8. The molecule has 230 valence electrons. The second-order valence-electron chi connectivity index (χ2n) is 11.9. The molecule has 1 aliphatic rings. The number of ether oxygens (including phenoxy) is 1. The van der Waals surface area contributed by atoms with Gasteiger partial charge in [0.1, 0.15) is 23.6 Å². The number of carbonyl (C=O) groups excluding carboxylic acids is 3. The molecule has 0 spiro atoms. The Morgan fingerprint density at radius 2 is 1.88 bits per heavy atom. The minimum Gasteiger partial charge on any atom is -0.444 e. The number of hydrogen-bond acceptors (Lipinski definition) is 9. The van der Waals surface area contributed by atoms with E-state index >= 15 is 0 Å². The van der Waals surface area contributed by atoms with E-state index in [9.17, 15) is 14.4 Å². The highest BCUT2D eigenvalue weighted by atomic mass is 16.6. The van der Waals surface area contributed by atoms with Crippen molar-refractivity contribution in [3.63, 3.8) is 0 Å². The van der Waals surface area contributed by atoms with E-state index in [1.165, 1.54) is 5.56 Å². The summed E-state index contributed by atoms with van der Waals surface area (Å²) in [5.41, 5.74) is 3.07. The van der Waals surface area contributed by atoms with Crippen molar-refractivity contribution in [2.75, 3.05) is 25.5 Å². The fourth-order valence-electron chi connectivity index (χ4n) is 5.04. The second-order valence-corrected chi connectivity index (χ2v) is 11.9. The first-order valence-electron chi connectivity index (χ1n) is 14.9. The summed E-state index contributed by atoms with van der Waals surface area (Å²) in [5.74, 6) is 0.604. The van der Waals surface area contributed by atoms with Crippen LogP contribution in [0.5, 0.6) is 0 Å². The van der Waals surface area contributed by atoms with Crippen molar-refractivity contribution in [2.45, 2.75) is 83.4 Å². The van der Waals surface area contributed by atoms with Gasteiger partial charge < -0.3 is 25.1 Å². The molecule has 1 aromatic carbocycles. The van der Waals surface area contributed by atoms with E-state index in [1.807, 2.05) is 39.0 Å². The van der Waals surface area contributed by atoms with Gasteiger partial charge in [0.05, 0.1) is 18.3 Å². The molecule has 0 radical (unpaired) electrons. The standard InChI is InChI=1S/C31H42N8O4/c1-31(2,3)43-30(42)38-16-13-23(14-17-38)24-9-7-8-22(18-24)19-29(41)33-28-12-11-25(34-36-28)10-5-6-15-39-20-26(35-37-39)27(21-40)32-4/h7-9,11-12,18,20-21,23,27,32H,5-6,10,13-17,19H2,1-4H3,(H,33,36,41). The van der Waals surface area contributed by atoms with Crippen LogP contribution in [0.25, 0.3) is 0 Å². The number of carbonyl (C=O) groups is 3. The minimum absolute atomic E-state index is 0.152. The lowest BCUT2D eigenvalue weighted by Crippen LogP contribution is -2.41. The lowest BCUT2D eigenvalue weighted by Gasteiger charge is -2.33. The number of aryl methyl sites for hydroxylation is 2. The Bertz CT molecular complexity index is 1360. The quantitative estimate of drug-likeness (QED) is 0.237. The molecule has 12 nitrogen and oxygen atoms in total. The third-order valence-electron chi connectivity index (χ3n) is 7.31. The van der Waals surface area contributed by atoms with Gasteiger partial charge in [-0.2, -0.15) is 5.10 Å². The summed E-state index contributed by atoms with van der Waals surface area (Å²) in [6.45, 7) is 7.63. The maximum absolute atomic E-state index is 12.7. The summed E-state index contributed by atoms with van der Waals surface area (Å²) in [6.07, 6.45) is 6.78. The molecule has 1 aliphatic heterocycles. The van der Waals surface area contributed by atoms with Crippen molar-refractivity contribution in [2.24, 2.45) is 0 Å². The lowest BCUT2D eigenvalue weighted by atomic mass is 9.88. The molecule has 2 N–H and O–H groups in total. The van der Waals surface area contributed by atoms with Crippen molar-refractivity contribution >= 4 is 24.1 Å². The van der Waals surface area contributed by atoms with Crippen LogP contribution in [0.2, 0.25) is 0 Å². The van der Waals surface area contributed by atoms with E-state index in [0.29, 0.717) is 37.1 Å². The summed E-state index contributed by atoms with van der Waals surface area (Å²) in [5, 5.41) is 22.3. The van der Waals surface area contributed by atoms with Gasteiger partial charge in [0.25, 0.3) is 0 Å². The Labute approximate surface area is 252 Å². The maximum atomic E-state index is 12.7. The smallest absolute Gasteiger partial charge is 0.410 e. The molecule has 3 aromatic rings. The van der Waals surface area contributed by atoms with Crippen LogP contribution < -0.4 is 10.6 Å². The first kappa shape index (κ1) is 31.7. The molecular formula is C31H42N8O4. The van der Waals surface area contributed by atoms with E-state index in [4.69, 9.17) is 4.74 Å². The van der Waals surface area contributed by atoms with Gasteiger partial charge in [-0.05, 0) is 89.1 Å². The fraction of sp³-hybridized carbons (Fsp3) is 0.516. The van der Waals surface area contributed by atoms with Gasteiger partial charge in [0.2, 0.25) is 5.91 Å². The highest BCUT2D eigenvalue weighted by Crippen LogP contribution is 2.29. The number of nitrogens with one attached hydrogen (secondary N) is 2. The maximum Gasteiger partial charge on any atom is 0.410 e. The zero-order chi connectivity index (χ0) is 30.8. The van der Waals surface area contributed by atoms with Crippen molar-refractivity contribution in [3.05, 3.63) is 65.1 Å². The summed E-state index contributed by atoms with van der Waals surface area (Å²) < 4.78 is 7.24. The molecule has 4 rings (SSSR count). The van der Waals surface area contributed by atoms with E-state index in [1.54, 1.807) is 28.9 Å². The number of likely N-dealkylation sites (N-methyl/N-ethyl adjacent to an activating group) is 1. The number of aldehydes is 1. The number of piperidine rings is 1. The van der Waals surface area contributed by atoms with Crippen molar-refractivity contribution in [1.29, 1.82) is 0 Å². The third kappa shape index (κ3) is 9.67. The minimum atomic E-state index is -0.502. The van der Waals surface area contributed by atoms with Gasteiger partial charge in [-0.25, -0.2) is 4.79 Å². The van der Waals surface area contributed by atoms with Gasteiger partial charge in [0, 0.05) is 19.6 Å². The summed E-state index contributed by atoms with van der Waals surface area (Å²) in [6, 6.07) is 11.3. The molecule has 3 heterocycles. The number of unbranched alkanes of at least 4 members (excludes halogenated alkanes) is 1. The number of likely N-dealkylation sites (tertiary alicyclic amines) is 1. The topological polar surface area (TPSA) is 144 Å². The fourth-order valence-corrected chi connectivity index (χ4v) is 5.04. The van der Waals surface area contributed by atoms with Crippen LogP contribution >= 0.6 is 0 Å². The molecule has 0 bridgehead atoms. The summed E-state index contributed by atoms with van der Waals surface area (Å²) >= 11 is 0.